The molecule has 0 aromatic rings. The van der Waals surface area contributed by atoms with E-state index < -0.39 is 95.7 Å². The lowest BCUT2D eigenvalue weighted by Crippen LogP contribution is -2.64. The molecule has 378 valence electrons. The third-order valence-corrected chi connectivity index (χ3v) is 12.1. The number of unbranched alkanes of at least 4 members (excludes halogenated alkanes) is 12. The summed E-state index contributed by atoms with van der Waals surface area (Å²) in [7, 11) is -10.8. The molecule has 65 heavy (non-hydrogen) atoms. The zero-order valence-electron chi connectivity index (χ0n) is 38.4. The van der Waals surface area contributed by atoms with E-state index in [0.717, 1.165) is 51.4 Å². The van der Waals surface area contributed by atoms with Crippen LogP contribution in [0.25, 0.3) is 0 Å². The van der Waals surface area contributed by atoms with Crippen LogP contribution in [0.15, 0.2) is 48.6 Å². The van der Waals surface area contributed by atoms with Crippen molar-refractivity contribution in [3.05, 3.63) is 48.6 Å². The Bertz CT molecular complexity index is 1480. The minimum atomic E-state index is -5.40. The van der Waals surface area contributed by atoms with Crippen molar-refractivity contribution in [2.45, 2.75) is 210 Å². The Morgan fingerprint density at radius 3 is 1.66 bits per heavy atom. The smallest absolute Gasteiger partial charge is 0.462 e. The van der Waals surface area contributed by atoms with Crippen LogP contribution in [-0.2, 0) is 41.8 Å². The number of phosphoric ester groups is 2. The molecule has 18 nitrogen and oxygen atoms in total. The van der Waals surface area contributed by atoms with Crippen LogP contribution in [0.3, 0.4) is 0 Å². The largest absolute Gasteiger partial charge is 0.472 e. The average molecular weight is 971 g/mol. The van der Waals surface area contributed by atoms with E-state index in [1.54, 1.807) is 6.08 Å². The van der Waals surface area contributed by atoms with Gasteiger partial charge in [0.25, 0.3) is 0 Å². The number of allylic oxidation sites excluding steroid dienone is 7. The van der Waals surface area contributed by atoms with Crippen LogP contribution in [0.1, 0.15) is 155 Å². The molecule has 0 radical (unpaired) electrons. The minimum Gasteiger partial charge on any atom is -0.462 e. The summed E-state index contributed by atoms with van der Waals surface area (Å²) < 4.78 is 49.1. The highest BCUT2D eigenvalue weighted by Crippen LogP contribution is 2.49. The lowest BCUT2D eigenvalue weighted by molar-refractivity contribution is -0.216. The second kappa shape index (κ2) is 35.9. The molecule has 1 rings (SSSR count). The summed E-state index contributed by atoms with van der Waals surface area (Å²) in [6.07, 6.45) is 16.5. The highest BCUT2D eigenvalue weighted by Gasteiger charge is 2.54. The molecule has 1 fully saturated rings. The molecule has 0 aromatic carbocycles. The zero-order valence-corrected chi connectivity index (χ0v) is 40.2. The van der Waals surface area contributed by atoms with Gasteiger partial charge in [-0.15, -0.1) is 0 Å². The van der Waals surface area contributed by atoms with Gasteiger partial charge in [0.15, 0.2) is 6.10 Å². The number of aliphatic hydroxyl groups is 6. The molecule has 20 heteroatoms. The molecule has 0 spiro atoms. The third-order valence-electron chi connectivity index (χ3n) is 10.6. The molecule has 1 aliphatic rings. The van der Waals surface area contributed by atoms with E-state index in [1.165, 1.54) is 44.9 Å². The minimum absolute atomic E-state index is 0.0274. The van der Waals surface area contributed by atoms with Gasteiger partial charge in [-0.05, 0) is 77.0 Å². The highest BCUT2D eigenvalue weighted by atomic mass is 31.2. The van der Waals surface area contributed by atoms with Crippen LogP contribution >= 0.6 is 15.6 Å². The summed E-state index contributed by atoms with van der Waals surface area (Å²) in [5.74, 6) is -1.50. The Morgan fingerprint density at radius 2 is 1.05 bits per heavy atom. The van der Waals surface area contributed by atoms with Gasteiger partial charge in [-0.3, -0.25) is 23.2 Å². The van der Waals surface area contributed by atoms with Crippen LogP contribution in [0.5, 0.6) is 0 Å². The fourth-order valence-electron chi connectivity index (χ4n) is 6.77. The van der Waals surface area contributed by atoms with Gasteiger partial charge in [0.2, 0.25) is 0 Å². The molecule has 0 bridgehead atoms. The van der Waals surface area contributed by atoms with Crippen LogP contribution in [0.4, 0.5) is 0 Å². The van der Waals surface area contributed by atoms with E-state index in [2.05, 4.69) is 48.8 Å². The Hall–Kier alpha value is -2.12. The number of hydrogen-bond acceptors (Lipinski definition) is 15. The van der Waals surface area contributed by atoms with Crippen LogP contribution in [0, 0.1) is 0 Å². The van der Waals surface area contributed by atoms with E-state index in [4.69, 9.17) is 28.3 Å². The monoisotopic (exact) mass is 970 g/mol. The lowest BCUT2D eigenvalue weighted by atomic mass is 9.85. The highest BCUT2D eigenvalue weighted by molar-refractivity contribution is 7.47. The zero-order chi connectivity index (χ0) is 48.5. The van der Waals surface area contributed by atoms with Gasteiger partial charge in [-0.1, -0.05) is 114 Å². The lowest BCUT2D eigenvalue weighted by Gasteiger charge is -2.43. The molecule has 10 atom stereocenters. The van der Waals surface area contributed by atoms with Gasteiger partial charge in [0.05, 0.1) is 18.8 Å². The van der Waals surface area contributed by atoms with E-state index in [9.17, 15) is 54.3 Å². The SMILES string of the molecule is CCCCC/C=C\C/C=C\C/C=C\CC(O)C(O)CCCC(=O)O[C@H](COC(=O)CCCCCCC/C=C\CCCCCC)COP(=O)(O)O[C@H]1C(O)C(O)C(O)[C@@H](OP(=O)(O)O)C1O. The Kier molecular flexibility index (Phi) is 33.7. The maximum Gasteiger partial charge on any atom is 0.472 e. The molecule has 9 N–H and O–H groups in total. The number of rotatable bonds is 38. The second-order valence-corrected chi connectivity index (χ2v) is 19.0. The summed E-state index contributed by atoms with van der Waals surface area (Å²) >= 11 is 0. The Balaban J connectivity index is 2.73. The molecule has 0 amide bonds. The number of hydrogen-bond donors (Lipinski definition) is 9. The van der Waals surface area contributed by atoms with Gasteiger partial charge in [-0.2, -0.15) is 0 Å². The maximum absolute atomic E-state index is 13.0. The topological polar surface area (TPSA) is 296 Å². The van der Waals surface area contributed by atoms with Gasteiger partial charge in [0, 0.05) is 12.8 Å². The van der Waals surface area contributed by atoms with Crippen molar-refractivity contribution in [3.63, 3.8) is 0 Å². The van der Waals surface area contributed by atoms with Crippen molar-refractivity contribution in [2.24, 2.45) is 0 Å². The van der Waals surface area contributed by atoms with Gasteiger partial charge in [0.1, 0.15) is 43.2 Å². The molecule has 0 aromatic heterocycles. The van der Waals surface area contributed by atoms with Gasteiger partial charge >= 0.3 is 27.6 Å². The number of carbonyl (C=O) groups excluding carboxylic acids is 2. The summed E-state index contributed by atoms with van der Waals surface area (Å²) in [6, 6.07) is 0. The van der Waals surface area contributed by atoms with Crippen molar-refractivity contribution in [1.29, 1.82) is 0 Å². The molecule has 7 unspecified atom stereocenters. The second-order valence-electron chi connectivity index (χ2n) is 16.4. The molecule has 0 aliphatic heterocycles. The maximum atomic E-state index is 13.0. The van der Waals surface area contributed by atoms with Crippen molar-refractivity contribution in [2.75, 3.05) is 13.2 Å². The standard InChI is InChI=1S/C45H80O18P2/c1-3-5-7-9-11-13-15-17-19-21-23-25-27-31-38(48)59-33-35(34-60-65(57,58)63-45-42(52)40(50)41(51)44(43(45)53)62-64(54,55)56)61-39(49)32-28-30-37(47)36(46)29-26-24-22-20-18-16-14-12-10-8-6-4-2/h12-15,18,20,24,26,35-37,40-47,50-53H,3-11,16-17,19,21-23,25,27-34H2,1-2H3,(H,57,58)(H2,54,55,56)/b14-12-,15-13-,20-18-,26-24-/t35-,36?,37?,40?,41?,42?,43?,44-,45+/m1/s1. The predicted molar refractivity (Wildman–Crippen MR) is 244 cm³/mol. The van der Waals surface area contributed by atoms with Crippen molar-refractivity contribution in [1.82, 2.24) is 0 Å². The average Bonchev–Trinajstić information content (AvgIpc) is 3.25. The molecule has 0 saturated heterocycles. The molecule has 1 aliphatic carbocycles. The number of ether oxygens (including phenoxy) is 2. The fourth-order valence-corrected chi connectivity index (χ4v) is 8.31. The normalized spacial score (nSPS) is 23.1. The van der Waals surface area contributed by atoms with E-state index in [0.29, 0.717) is 12.8 Å². The van der Waals surface area contributed by atoms with Crippen molar-refractivity contribution in [3.8, 4) is 0 Å². The number of carbonyl (C=O) groups is 2. The first-order chi connectivity index (χ1) is 30.9. The van der Waals surface area contributed by atoms with E-state index >= 15 is 0 Å². The molecule has 1 saturated carbocycles. The van der Waals surface area contributed by atoms with Crippen molar-refractivity contribution >= 4 is 27.6 Å². The van der Waals surface area contributed by atoms with E-state index in [-0.39, 0.29) is 32.1 Å². The van der Waals surface area contributed by atoms with Crippen molar-refractivity contribution < 1.29 is 87.1 Å². The number of phosphoric acid groups is 2. The molecule has 0 heterocycles. The first-order valence-corrected chi connectivity index (χ1v) is 26.4. The van der Waals surface area contributed by atoms with E-state index in [1.807, 2.05) is 12.2 Å². The summed E-state index contributed by atoms with van der Waals surface area (Å²) in [4.78, 5) is 54.3. The first-order valence-electron chi connectivity index (χ1n) is 23.3. The summed E-state index contributed by atoms with van der Waals surface area (Å²) in [5, 5.41) is 62.1. The quantitative estimate of drug-likeness (QED) is 0.0139. The predicted octanol–water partition coefficient (Wildman–Crippen LogP) is 6.45. The third kappa shape index (κ3) is 30.1. The fraction of sp³-hybridized carbons (Fsp3) is 0.778. The summed E-state index contributed by atoms with van der Waals surface area (Å²) in [6.45, 7) is 2.80. The number of esters is 2. The van der Waals surface area contributed by atoms with Gasteiger partial charge < -0.3 is 54.8 Å². The molecular weight excluding hydrogens is 890 g/mol. The van der Waals surface area contributed by atoms with Gasteiger partial charge in [-0.25, -0.2) is 9.13 Å². The van der Waals surface area contributed by atoms with Crippen LogP contribution in [0.2, 0.25) is 0 Å². The van der Waals surface area contributed by atoms with Crippen LogP contribution < -0.4 is 0 Å². The first kappa shape index (κ1) is 60.9. The number of aliphatic hydroxyl groups excluding tert-OH is 6. The summed E-state index contributed by atoms with van der Waals surface area (Å²) in [5.41, 5.74) is 0. The Morgan fingerprint density at radius 1 is 0.554 bits per heavy atom. The Labute approximate surface area is 385 Å². The molecular formula is C45H80O18P2. The van der Waals surface area contributed by atoms with Crippen LogP contribution in [-0.4, -0.2) is 125 Å².